The van der Waals surface area contributed by atoms with Gasteiger partial charge in [0.1, 0.15) is 0 Å². The Labute approximate surface area is 126 Å². The van der Waals surface area contributed by atoms with E-state index < -0.39 is 5.97 Å². The number of amides is 1. The first-order valence-electron chi connectivity index (χ1n) is 6.28. The van der Waals surface area contributed by atoms with E-state index in [4.69, 9.17) is 5.11 Å². The molecule has 0 radical (unpaired) electrons. The number of carbonyl (C=O) groups is 2. The predicted octanol–water partition coefficient (Wildman–Crippen LogP) is 2.44. The van der Waals surface area contributed by atoms with E-state index in [-0.39, 0.29) is 12.3 Å². The molecular formula is C15H14N2O3S. The first-order valence-corrected chi connectivity index (χ1v) is 7.26. The molecule has 0 bridgehead atoms. The minimum atomic E-state index is -0.932. The number of rotatable bonds is 6. The van der Waals surface area contributed by atoms with Crippen LogP contribution < -0.4 is 5.32 Å². The fourth-order valence-corrected chi connectivity index (χ4v) is 2.34. The van der Waals surface area contributed by atoms with Crippen molar-refractivity contribution in [2.45, 2.75) is 11.3 Å². The molecule has 0 fully saturated rings. The maximum Gasteiger partial charge on any atom is 0.309 e. The number of aliphatic carboxylic acids is 1. The third-order valence-corrected chi connectivity index (χ3v) is 3.57. The number of nitrogens with one attached hydrogen (secondary N) is 1. The second-order valence-electron chi connectivity index (χ2n) is 4.26. The third kappa shape index (κ3) is 5.27. The molecule has 2 aromatic rings. The van der Waals surface area contributed by atoms with Gasteiger partial charge in [-0.1, -0.05) is 18.2 Å². The van der Waals surface area contributed by atoms with E-state index in [0.29, 0.717) is 17.1 Å². The highest BCUT2D eigenvalue weighted by Gasteiger charge is 2.05. The molecule has 1 amide bonds. The van der Waals surface area contributed by atoms with Gasteiger partial charge in [-0.2, -0.15) is 0 Å². The van der Waals surface area contributed by atoms with Crippen LogP contribution in [0, 0.1) is 0 Å². The SMILES string of the molecule is O=C(O)Cc1ccc(NC(=O)CSc2ccccc2)cn1. The van der Waals surface area contributed by atoms with E-state index in [0.717, 1.165) is 4.90 Å². The quantitative estimate of drug-likeness (QED) is 0.801. The predicted molar refractivity (Wildman–Crippen MR) is 81.4 cm³/mol. The van der Waals surface area contributed by atoms with Gasteiger partial charge in [-0.05, 0) is 24.3 Å². The lowest BCUT2D eigenvalue weighted by Gasteiger charge is -2.05. The minimum absolute atomic E-state index is 0.127. The molecule has 0 saturated carbocycles. The van der Waals surface area contributed by atoms with Gasteiger partial charge in [-0.3, -0.25) is 14.6 Å². The first-order chi connectivity index (χ1) is 10.1. The van der Waals surface area contributed by atoms with Crippen molar-refractivity contribution < 1.29 is 14.7 Å². The van der Waals surface area contributed by atoms with Gasteiger partial charge in [-0.25, -0.2) is 0 Å². The topological polar surface area (TPSA) is 79.3 Å². The summed E-state index contributed by atoms with van der Waals surface area (Å²) in [7, 11) is 0. The van der Waals surface area contributed by atoms with Gasteiger partial charge in [-0.15, -0.1) is 11.8 Å². The summed E-state index contributed by atoms with van der Waals surface area (Å²) >= 11 is 1.45. The summed E-state index contributed by atoms with van der Waals surface area (Å²) in [6.45, 7) is 0. The van der Waals surface area contributed by atoms with E-state index >= 15 is 0 Å². The molecule has 1 heterocycles. The summed E-state index contributed by atoms with van der Waals surface area (Å²) in [5, 5.41) is 11.4. The zero-order valence-electron chi connectivity index (χ0n) is 11.2. The maximum absolute atomic E-state index is 11.8. The highest BCUT2D eigenvalue weighted by molar-refractivity contribution is 8.00. The molecule has 2 N–H and O–H groups in total. The van der Waals surface area contributed by atoms with Crippen LogP contribution in [0.5, 0.6) is 0 Å². The number of carboxylic acid groups (broad SMARTS) is 1. The van der Waals surface area contributed by atoms with E-state index in [1.165, 1.54) is 18.0 Å². The Balaban J connectivity index is 1.83. The maximum atomic E-state index is 11.8. The molecule has 0 aliphatic carbocycles. The zero-order valence-corrected chi connectivity index (χ0v) is 12.0. The molecule has 6 heteroatoms. The van der Waals surface area contributed by atoms with Crippen molar-refractivity contribution in [2.24, 2.45) is 0 Å². The molecule has 2 rings (SSSR count). The Kier molecular flexibility index (Phi) is 5.34. The molecule has 21 heavy (non-hydrogen) atoms. The van der Waals surface area contributed by atoms with Crippen molar-refractivity contribution >= 4 is 29.3 Å². The summed E-state index contributed by atoms with van der Waals surface area (Å²) in [5.41, 5.74) is 1.02. The summed E-state index contributed by atoms with van der Waals surface area (Å²) < 4.78 is 0. The number of hydrogen-bond acceptors (Lipinski definition) is 4. The largest absolute Gasteiger partial charge is 0.481 e. The fourth-order valence-electron chi connectivity index (χ4n) is 1.62. The van der Waals surface area contributed by atoms with Gasteiger partial charge in [0.05, 0.1) is 29.8 Å². The van der Waals surface area contributed by atoms with Crippen LogP contribution in [0.25, 0.3) is 0 Å². The van der Waals surface area contributed by atoms with Crippen molar-refractivity contribution in [3.63, 3.8) is 0 Å². The highest BCUT2D eigenvalue weighted by Crippen LogP contribution is 2.17. The van der Waals surface area contributed by atoms with Crippen molar-refractivity contribution in [1.82, 2.24) is 4.98 Å². The summed E-state index contributed by atoms with van der Waals surface area (Å²) in [4.78, 5) is 27.4. The number of thioether (sulfide) groups is 1. The molecule has 0 unspecified atom stereocenters. The Morgan fingerprint density at radius 3 is 2.52 bits per heavy atom. The molecule has 1 aromatic carbocycles. The number of hydrogen-bond donors (Lipinski definition) is 2. The number of aromatic nitrogens is 1. The van der Waals surface area contributed by atoms with Crippen molar-refractivity contribution in [2.75, 3.05) is 11.1 Å². The van der Waals surface area contributed by atoms with Crippen LogP contribution in [0.1, 0.15) is 5.69 Å². The summed E-state index contributed by atoms with van der Waals surface area (Å²) in [6, 6.07) is 12.9. The average Bonchev–Trinajstić information content (AvgIpc) is 2.48. The molecule has 0 saturated heterocycles. The van der Waals surface area contributed by atoms with Crippen molar-refractivity contribution in [1.29, 1.82) is 0 Å². The Hall–Kier alpha value is -2.34. The smallest absolute Gasteiger partial charge is 0.309 e. The highest BCUT2D eigenvalue weighted by atomic mass is 32.2. The van der Waals surface area contributed by atoms with E-state index in [1.54, 1.807) is 12.1 Å². The molecular weight excluding hydrogens is 288 g/mol. The number of anilines is 1. The van der Waals surface area contributed by atoms with E-state index in [2.05, 4.69) is 10.3 Å². The van der Waals surface area contributed by atoms with Crippen LogP contribution >= 0.6 is 11.8 Å². The summed E-state index contributed by atoms with van der Waals surface area (Å²) in [6.07, 6.45) is 1.33. The lowest BCUT2D eigenvalue weighted by molar-refractivity contribution is -0.136. The second kappa shape index (κ2) is 7.44. The number of carboxylic acids is 1. The second-order valence-corrected chi connectivity index (χ2v) is 5.31. The van der Waals surface area contributed by atoms with Gasteiger partial charge < -0.3 is 10.4 Å². The van der Waals surface area contributed by atoms with Crippen LogP contribution in [0.3, 0.4) is 0 Å². The van der Waals surface area contributed by atoms with Gasteiger partial charge in [0.15, 0.2) is 0 Å². The third-order valence-electron chi connectivity index (χ3n) is 2.55. The molecule has 1 aromatic heterocycles. The van der Waals surface area contributed by atoms with Gasteiger partial charge in [0.25, 0.3) is 0 Å². The summed E-state index contributed by atoms with van der Waals surface area (Å²) in [5.74, 6) is -0.754. The monoisotopic (exact) mass is 302 g/mol. The standard InChI is InChI=1S/C15H14N2O3S/c18-14(10-21-13-4-2-1-3-5-13)17-12-7-6-11(16-9-12)8-15(19)20/h1-7,9H,8,10H2,(H,17,18)(H,19,20). The average molecular weight is 302 g/mol. The van der Waals surface area contributed by atoms with Crippen LogP contribution in [-0.2, 0) is 16.0 Å². The lowest BCUT2D eigenvalue weighted by atomic mass is 10.2. The Morgan fingerprint density at radius 2 is 1.90 bits per heavy atom. The van der Waals surface area contributed by atoms with Crippen LogP contribution in [0.4, 0.5) is 5.69 Å². The van der Waals surface area contributed by atoms with Crippen molar-refractivity contribution in [3.05, 3.63) is 54.4 Å². The molecule has 0 aliphatic rings. The fraction of sp³-hybridized carbons (Fsp3) is 0.133. The zero-order chi connectivity index (χ0) is 15.1. The number of pyridine rings is 1. The Morgan fingerprint density at radius 1 is 1.14 bits per heavy atom. The lowest BCUT2D eigenvalue weighted by Crippen LogP contribution is -2.14. The molecule has 0 atom stereocenters. The van der Waals surface area contributed by atoms with Crippen molar-refractivity contribution in [3.8, 4) is 0 Å². The van der Waals surface area contributed by atoms with E-state index in [1.807, 2.05) is 30.3 Å². The molecule has 0 spiro atoms. The molecule has 0 aliphatic heterocycles. The van der Waals surface area contributed by atoms with Crippen LogP contribution in [0.15, 0.2) is 53.6 Å². The van der Waals surface area contributed by atoms with Gasteiger partial charge >= 0.3 is 5.97 Å². The number of benzene rings is 1. The molecule has 108 valence electrons. The number of carbonyl (C=O) groups excluding carboxylic acids is 1. The van der Waals surface area contributed by atoms with Crippen LogP contribution in [-0.4, -0.2) is 27.7 Å². The minimum Gasteiger partial charge on any atom is -0.481 e. The normalized spacial score (nSPS) is 10.1. The first kappa shape index (κ1) is 15.1. The molecule has 5 nitrogen and oxygen atoms in total. The Bertz CT molecular complexity index is 615. The van der Waals surface area contributed by atoms with Crippen LogP contribution in [0.2, 0.25) is 0 Å². The van der Waals surface area contributed by atoms with E-state index in [9.17, 15) is 9.59 Å². The van der Waals surface area contributed by atoms with Gasteiger partial charge in [0.2, 0.25) is 5.91 Å². The van der Waals surface area contributed by atoms with Gasteiger partial charge in [0, 0.05) is 4.90 Å². The number of nitrogens with zero attached hydrogens (tertiary/aromatic N) is 1.